The third-order valence-corrected chi connectivity index (χ3v) is 5.26. The van der Waals surface area contributed by atoms with Gasteiger partial charge in [-0.15, -0.1) is 0 Å². The summed E-state index contributed by atoms with van der Waals surface area (Å²) in [6, 6.07) is 12.6. The van der Waals surface area contributed by atoms with Crippen LogP contribution in [0.15, 0.2) is 57.8 Å². The van der Waals surface area contributed by atoms with Gasteiger partial charge in [-0.1, -0.05) is 17.3 Å². The SMILES string of the molecule is Cc1noc(=O)c(N2CCN(c3ccc(F)cc3)CC2)c1Cc1ccc(F)cc1. The molecule has 1 aromatic heterocycles. The first-order valence-corrected chi connectivity index (χ1v) is 9.50. The van der Waals surface area contributed by atoms with Crippen LogP contribution >= 0.6 is 0 Å². The first-order valence-electron chi connectivity index (χ1n) is 9.50. The average molecular weight is 397 g/mol. The van der Waals surface area contributed by atoms with E-state index < -0.39 is 5.63 Å². The summed E-state index contributed by atoms with van der Waals surface area (Å²) >= 11 is 0. The molecule has 0 radical (unpaired) electrons. The number of piperazine rings is 1. The molecule has 0 N–H and O–H groups in total. The third kappa shape index (κ3) is 4.13. The summed E-state index contributed by atoms with van der Waals surface area (Å²) in [4.78, 5) is 16.7. The number of nitrogens with zero attached hydrogens (tertiary/aromatic N) is 3. The van der Waals surface area contributed by atoms with Crippen LogP contribution in [-0.2, 0) is 6.42 Å². The molecule has 5 nitrogen and oxygen atoms in total. The van der Waals surface area contributed by atoms with E-state index in [-0.39, 0.29) is 11.6 Å². The minimum atomic E-state index is -0.469. The van der Waals surface area contributed by atoms with Crippen LogP contribution in [0.3, 0.4) is 0 Å². The van der Waals surface area contributed by atoms with Gasteiger partial charge in [-0.3, -0.25) is 0 Å². The summed E-state index contributed by atoms with van der Waals surface area (Å²) < 4.78 is 31.4. The van der Waals surface area contributed by atoms with Crippen LogP contribution in [0.1, 0.15) is 16.8 Å². The monoisotopic (exact) mass is 397 g/mol. The summed E-state index contributed by atoms with van der Waals surface area (Å²) in [6.45, 7) is 4.45. The highest BCUT2D eigenvalue weighted by Gasteiger charge is 2.24. The molecule has 29 heavy (non-hydrogen) atoms. The molecular formula is C22H21F2N3O2. The molecule has 2 aromatic carbocycles. The molecule has 1 fully saturated rings. The number of halogens is 2. The van der Waals surface area contributed by atoms with E-state index in [1.54, 1.807) is 31.2 Å². The Labute approximate surface area is 167 Å². The van der Waals surface area contributed by atoms with Gasteiger partial charge in [0.15, 0.2) is 0 Å². The molecule has 1 saturated heterocycles. The van der Waals surface area contributed by atoms with Crippen molar-refractivity contribution in [3.05, 3.63) is 87.4 Å². The molecule has 0 spiro atoms. The number of aryl methyl sites for hydroxylation is 1. The van der Waals surface area contributed by atoms with Crippen molar-refractivity contribution in [1.82, 2.24) is 5.16 Å². The first kappa shape index (κ1) is 19.1. The number of hydrogen-bond acceptors (Lipinski definition) is 5. The van der Waals surface area contributed by atoms with Gasteiger partial charge in [-0.2, -0.15) is 0 Å². The van der Waals surface area contributed by atoms with Gasteiger partial charge in [0.2, 0.25) is 0 Å². The Morgan fingerprint density at radius 3 is 2.07 bits per heavy atom. The lowest BCUT2D eigenvalue weighted by atomic mass is 10.0. The summed E-state index contributed by atoms with van der Waals surface area (Å²) in [5.41, 5.74) is 3.33. The van der Waals surface area contributed by atoms with Crippen molar-refractivity contribution in [2.75, 3.05) is 36.0 Å². The Morgan fingerprint density at radius 2 is 1.45 bits per heavy atom. The standard InChI is InChI=1S/C22H21F2N3O2/c1-15-20(14-16-2-4-17(23)5-3-16)21(22(28)29-25-15)27-12-10-26(11-13-27)19-8-6-18(24)7-9-19/h2-9H,10-14H2,1H3. The molecular weight excluding hydrogens is 376 g/mol. The van der Waals surface area contributed by atoms with E-state index >= 15 is 0 Å². The Bertz CT molecular complexity index is 1040. The van der Waals surface area contributed by atoms with Crippen LogP contribution in [0.25, 0.3) is 0 Å². The fourth-order valence-corrected chi connectivity index (χ4v) is 3.68. The van der Waals surface area contributed by atoms with E-state index in [9.17, 15) is 13.6 Å². The highest BCUT2D eigenvalue weighted by molar-refractivity contribution is 5.56. The average Bonchev–Trinajstić information content (AvgIpc) is 2.73. The maximum Gasteiger partial charge on any atom is 0.382 e. The van der Waals surface area contributed by atoms with Crippen LogP contribution in [-0.4, -0.2) is 31.3 Å². The molecule has 0 saturated carbocycles. The molecule has 7 heteroatoms. The first-order chi connectivity index (χ1) is 14.0. The Kier molecular flexibility index (Phi) is 5.29. The molecule has 3 aromatic rings. The van der Waals surface area contributed by atoms with E-state index in [2.05, 4.69) is 10.1 Å². The van der Waals surface area contributed by atoms with Crippen molar-refractivity contribution in [1.29, 1.82) is 0 Å². The maximum atomic E-state index is 13.2. The molecule has 4 rings (SSSR count). The zero-order valence-corrected chi connectivity index (χ0v) is 16.1. The molecule has 0 bridgehead atoms. The highest BCUT2D eigenvalue weighted by atomic mass is 19.1. The molecule has 0 atom stereocenters. The van der Waals surface area contributed by atoms with E-state index in [0.29, 0.717) is 44.0 Å². The lowest BCUT2D eigenvalue weighted by Crippen LogP contribution is -2.48. The number of benzene rings is 2. The van der Waals surface area contributed by atoms with Crippen molar-refractivity contribution in [3.8, 4) is 0 Å². The summed E-state index contributed by atoms with van der Waals surface area (Å²) in [6.07, 6.45) is 0.470. The van der Waals surface area contributed by atoms with Crippen molar-refractivity contribution < 1.29 is 13.3 Å². The van der Waals surface area contributed by atoms with Crippen molar-refractivity contribution in [2.24, 2.45) is 0 Å². The van der Waals surface area contributed by atoms with Crippen molar-refractivity contribution in [2.45, 2.75) is 13.3 Å². The minimum Gasteiger partial charge on any atom is -0.368 e. The van der Waals surface area contributed by atoms with E-state index in [1.807, 2.05) is 4.90 Å². The molecule has 150 valence electrons. The van der Waals surface area contributed by atoms with Crippen LogP contribution in [0, 0.1) is 18.6 Å². The zero-order valence-electron chi connectivity index (χ0n) is 16.1. The third-order valence-electron chi connectivity index (χ3n) is 5.26. The highest BCUT2D eigenvalue weighted by Crippen LogP contribution is 2.25. The van der Waals surface area contributed by atoms with Crippen LogP contribution in [0.2, 0.25) is 0 Å². The fraction of sp³-hybridized carbons (Fsp3) is 0.273. The van der Waals surface area contributed by atoms with E-state index in [1.165, 1.54) is 24.3 Å². The number of hydrogen-bond donors (Lipinski definition) is 0. The summed E-state index contributed by atoms with van der Waals surface area (Å²) in [5, 5.41) is 3.88. The Balaban J connectivity index is 1.57. The molecule has 0 amide bonds. The second-order valence-corrected chi connectivity index (χ2v) is 7.14. The van der Waals surface area contributed by atoms with Gasteiger partial charge >= 0.3 is 5.63 Å². The predicted molar refractivity (Wildman–Crippen MR) is 108 cm³/mol. The van der Waals surface area contributed by atoms with Gasteiger partial charge in [-0.25, -0.2) is 13.6 Å². The molecule has 0 aliphatic carbocycles. The number of anilines is 2. The normalized spacial score (nSPS) is 14.3. The zero-order chi connectivity index (χ0) is 20.4. The fourth-order valence-electron chi connectivity index (χ4n) is 3.68. The number of rotatable bonds is 4. The van der Waals surface area contributed by atoms with Crippen LogP contribution in [0.4, 0.5) is 20.2 Å². The van der Waals surface area contributed by atoms with Gasteiger partial charge in [-0.05, 0) is 48.9 Å². The molecule has 1 aliphatic rings. The van der Waals surface area contributed by atoms with Crippen molar-refractivity contribution in [3.63, 3.8) is 0 Å². The molecule has 1 aliphatic heterocycles. The Hall–Kier alpha value is -3.22. The van der Waals surface area contributed by atoms with E-state index in [4.69, 9.17) is 4.52 Å². The van der Waals surface area contributed by atoms with Gasteiger partial charge in [0.05, 0.1) is 5.69 Å². The van der Waals surface area contributed by atoms with Gasteiger partial charge < -0.3 is 14.3 Å². The number of aromatic nitrogens is 1. The largest absolute Gasteiger partial charge is 0.382 e. The van der Waals surface area contributed by atoms with E-state index in [0.717, 1.165) is 16.8 Å². The quantitative estimate of drug-likeness (QED) is 0.674. The second kappa shape index (κ2) is 8.03. The molecule has 0 unspecified atom stereocenters. The maximum absolute atomic E-state index is 13.2. The second-order valence-electron chi connectivity index (χ2n) is 7.14. The Morgan fingerprint density at radius 1 is 0.897 bits per heavy atom. The minimum absolute atomic E-state index is 0.261. The van der Waals surface area contributed by atoms with Crippen LogP contribution in [0.5, 0.6) is 0 Å². The predicted octanol–water partition coefficient (Wildman–Crippen LogP) is 3.54. The molecule has 2 heterocycles. The topological polar surface area (TPSA) is 49.6 Å². The van der Waals surface area contributed by atoms with Crippen LogP contribution < -0.4 is 15.4 Å². The van der Waals surface area contributed by atoms with Crippen molar-refractivity contribution >= 4 is 11.4 Å². The summed E-state index contributed by atoms with van der Waals surface area (Å²) in [5.74, 6) is -0.559. The lowest BCUT2D eigenvalue weighted by Gasteiger charge is -2.37. The van der Waals surface area contributed by atoms with Gasteiger partial charge in [0.25, 0.3) is 0 Å². The smallest absolute Gasteiger partial charge is 0.368 e. The summed E-state index contributed by atoms with van der Waals surface area (Å²) in [7, 11) is 0. The van der Waals surface area contributed by atoms with Gasteiger partial charge in [0.1, 0.15) is 17.3 Å². The van der Waals surface area contributed by atoms with Gasteiger partial charge in [0, 0.05) is 43.9 Å². The lowest BCUT2D eigenvalue weighted by molar-refractivity contribution is 0.360.